The van der Waals surface area contributed by atoms with Gasteiger partial charge >= 0.3 is 0 Å². The molecule has 0 spiro atoms. The minimum absolute atomic E-state index is 0.0644. The largest absolute Gasteiger partial charge is 0.497 e. The summed E-state index contributed by atoms with van der Waals surface area (Å²) in [4.78, 5) is 28.6. The van der Waals surface area contributed by atoms with Crippen LogP contribution in [0.3, 0.4) is 0 Å². The molecule has 0 aliphatic carbocycles. The summed E-state index contributed by atoms with van der Waals surface area (Å²) in [5.74, 6) is 0.680. The molecule has 3 aromatic carbocycles. The van der Waals surface area contributed by atoms with Gasteiger partial charge in [-0.2, -0.15) is 0 Å². The van der Waals surface area contributed by atoms with Crippen LogP contribution in [-0.2, 0) is 0 Å². The van der Waals surface area contributed by atoms with E-state index < -0.39 is 4.92 Å². The van der Waals surface area contributed by atoms with Crippen molar-refractivity contribution in [2.45, 2.75) is 6.92 Å². The number of hydrogen-bond donors (Lipinski definition) is 1. The number of halogens is 1. The number of hydrogen-bond acceptors (Lipinski definition) is 5. The van der Waals surface area contributed by atoms with Crippen molar-refractivity contribution in [3.05, 3.63) is 104 Å². The number of nitrogens with zero attached hydrogens (tertiary/aromatic N) is 3. The maximum atomic E-state index is 13.5. The number of nitrogens with one attached hydrogen (secondary N) is 1. The highest BCUT2D eigenvalue weighted by Gasteiger charge is 2.20. The van der Waals surface area contributed by atoms with Crippen molar-refractivity contribution in [3.8, 4) is 22.7 Å². The number of aromatic nitrogens is 2. The Morgan fingerprint density at radius 1 is 1.06 bits per heavy atom. The zero-order chi connectivity index (χ0) is 23.5. The monoisotopic (exact) mass is 462 g/mol. The molecule has 8 nitrogen and oxygen atoms in total. The zero-order valence-electron chi connectivity index (χ0n) is 17.8. The van der Waals surface area contributed by atoms with Crippen LogP contribution in [-0.4, -0.2) is 27.5 Å². The van der Waals surface area contributed by atoms with Crippen LogP contribution in [0.1, 0.15) is 12.5 Å². The van der Waals surface area contributed by atoms with Crippen LogP contribution in [0.15, 0.2) is 82.6 Å². The second-order valence-corrected chi connectivity index (χ2v) is 7.56. The number of rotatable bonds is 6. The summed E-state index contributed by atoms with van der Waals surface area (Å²) in [5, 5.41) is 14.6. The Balaban J connectivity index is 1.90. The number of nitro groups is 1. The second-order valence-electron chi connectivity index (χ2n) is 7.15. The molecule has 0 saturated carbocycles. The van der Waals surface area contributed by atoms with Crippen molar-refractivity contribution in [2.24, 2.45) is 4.99 Å². The van der Waals surface area contributed by atoms with Crippen molar-refractivity contribution in [2.75, 3.05) is 7.11 Å². The highest BCUT2D eigenvalue weighted by Crippen LogP contribution is 2.28. The molecular weight excluding hydrogens is 444 g/mol. The number of methoxy groups -OCH3 is 1. The zero-order valence-corrected chi connectivity index (χ0v) is 18.5. The van der Waals surface area contributed by atoms with Crippen molar-refractivity contribution in [1.29, 1.82) is 0 Å². The van der Waals surface area contributed by atoms with Crippen LogP contribution >= 0.6 is 11.6 Å². The maximum absolute atomic E-state index is 13.5. The van der Waals surface area contributed by atoms with Crippen LogP contribution in [0.5, 0.6) is 5.75 Å². The first-order valence-electron chi connectivity index (χ1n) is 9.93. The van der Waals surface area contributed by atoms with Gasteiger partial charge in [-0.15, -0.1) is 0 Å². The molecule has 1 aromatic heterocycles. The van der Waals surface area contributed by atoms with Gasteiger partial charge in [0.1, 0.15) is 5.75 Å². The van der Waals surface area contributed by atoms with Gasteiger partial charge in [0.25, 0.3) is 11.2 Å². The summed E-state index contributed by atoms with van der Waals surface area (Å²) < 4.78 is 6.57. The van der Waals surface area contributed by atoms with Gasteiger partial charge in [-0.3, -0.25) is 25.0 Å². The molecule has 33 heavy (non-hydrogen) atoms. The molecule has 0 fully saturated rings. The lowest BCUT2D eigenvalue weighted by Crippen LogP contribution is -2.19. The molecule has 0 atom stereocenters. The van der Waals surface area contributed by atoms with E-state index in [2.05, 4.69) is 10.1 Å². The number of nitro benzene ring substituents is 1. The quantitative estimate of drug-likeness (QED) is 0.231. The number of H-pyrrole nitrogens is 1. The summed E-state index contributed by atoms with van der Waals surface area (Å²) in [5.41, 5.74) is 2.71. The fourth-order valence-electron chi connectivity index (χ4n) is 3.42. The Bertz CT molecular complexity index is 1400. The predicted molar refractivity (Wildman–Crippen MR) is 128 cm³/mol. The number of ether oxygens (including phenoxy) is 1. The lowest BCUT2D eigenvalue weighted by Gasteiger charge is -2.05. The van der Waals surface area contributed by atoms with Crippen molar-refractivity contribution in [1.82, 2.24) is 9.78 Å². The van der Waals surface area contributed by atoms with Gasteiger partial charge in [0.05, 0.1) is 45.4 Å². The van der Waals surface area contributed by atoms with Crippen molar-refractivity contribution < 1.29 is 9.66 Å². The molecule has 9 heteroatoms. The number of benzene rings is 3. The maximum Gasteiger partial charge on any atom is 0.280 e. The summed E-state index contributed by atoms with van der Waals surface area (Å²) in [6.07, 6.45) is 0. The van der Waals surface area contributed by atoms with E-state index in [4.69, 9.17) is 16.3 Å². The molecule has 0 radical (unpaired) electrons. The summed E-state index contributed by atoms with van der Waals surface area (Å²) in [6, 6.07) is 20.1. The van der Waals surface area contributed by atoms with Gasteiger partial charge in [0.15, 0.2) is 0 Å². The van der Waals surface area contributed by atoms with E-state index in [1.54, 1.807) is 44.4 Å². The fraction of sp³-hybridized carbons (Fsp3) is 0.0833. The number of para-hydroxylation sites is 1. The third-order valence-electron chi connectivity index (χ3n) is 5.09. The molecule has 0 aliphatic heterocycles. The van der Waals surface area contributed by atoms with Gasteiger partial charge in [0.2, 0.25) is 0 Å². The van der Waals surface area contributed by atoms with E-state index in [0.29, 0.717) is 39.1 Å². The molecular formula is C24H19ClN4O4. The molecule has 1 N–H and O–H groups in total. The molecule has 0 bridgehead atoms. The minimum atomic E-state index is -0.490. The van der Waals surface area contributed by atoms with Crippen LogP contribution in [0, 0.1) is 10.1 Å². The smallest absolute Gasteiger partial charge is 0.280 e. The third-order valence-corrected chi connectivity index (χ3v) is 5.41. The average Bonchev–Trinajstić information content (AvgIpc) is 3.17. The van der Waals surface area contributed by atoms with Gasteiger partial charge in [0, 0.05) is 17.7 Å². The molecule has 0 aliphatic rings. The van der Waals surface area contributed by atoms with E-state index in [9.17, 15) is 14.9 Å². The van der Waals surface area contributed by atoms with Gasteiger partial charge in [-0.25, -0.2) is 4.68 Å². The van der Waals surface area contributed by atoms with E-state index in [0.717, 1.165) is 5.56 Å². The number of non-ortho nitro benzene ring substituents is 1. The van der Waals surface area contributed by atoms with E-state index in [-0.39, 0.29) is 11.2 Å². The van der Waals surface area contributed by atoms with E-state index in [1.807, 2.05) is 18.2 Å². The Hall–Kier alpha value is -4.17. The normalized spacial score (nSPS) is 11.4. The standard InChI is InChI=1S/C24H19ClN4O4/c1-15(26-21-6-4-3-5-20(21)25)22-23(16-7-13-19(33-2)14-8-16)27-28(24(22)30)17-9-11-18(12-10-17)29(31)32/h3-14,27H,1-2H3. The molecule has 4 aromatic rings. The first-order chi connectivity index (χ1) is 15.9. The Kier molecular flexibility index (Phi) is 6.10. The molecule has 0 amide bonds. The Morgan fingerprint density at radius 3 is 2.33 bits per heavy atom. The van der Waals surface area contributed by atoms with Crippen molar-refractivity contribution >= 4 is 28.7 Å². The summed E-state index contributed by atoms with van der Waals surface area (Å²) in [7, 11) is 1.58. The Morgan fingerprint density at radius 2 is 1.73 bits per heavy atom. The minimum Gasteiger partial charge on any atom is -0.497 e. The first-order valence-corrected chi connectivity index (χ1v) is 10.3. The van der Waals surface area contributed by atoms with E-state index in [1.165, 1.54) is 28.9 Å². The van der Waals surface area contributed by atoms with Crippen LogP contribution in [0.4, 0.5) is 11.4 Å². The van der Waals surface area contributed by atoms with E-state index >= 15 is 0 Å². The lowest BCUT2D eigenvalue weighted by atomic mass is 10.0. The third kappa shape index (κ3) is 4.42. The van der Waals surface area contributed by atoms with Crippen LogP contribution in [0.25, 0.3) is 16.9 Å². The summed E-state index contributed by atoms with van der Waals surface area (Å²) in [6.45, 7) is 1.74. The molecule has 166 valence electrons. The number of aliphatic imine (C=N–C) groups is 1. The van der Waals surface area contributed by atoms with Gasteiger partial charge in [-0.05, 0) is 55.5 Å². The second kappa shape index (κ2) is 9.13. The molecule has 1 heterocycles. The Labute approximate surface area is 193 Å². The molecule has 0 unspecified atom stereocenters. The molecule has 0 saturated heterocycles. The van der Waals surface area contributed by atoms with Gasteiger partial charge < -0.3 is 4.74 Å². The predicted octanol–water partition coefficient (Wildman–Crippen LogP) is 5.54. The number of aromatic amines is 1. The highest BCUT2D eigenvalue weighted by atomic mass is 35.5. The fourth-order valence-corrected chi connectivity index (χ4v) is 3.60. The van der Waals surface area contributed by atoms with Crippen LogP contribution < -0.4 is 10.3 Å². The highest BCUT2D eigenvalue weighted by molar-refractivity contribution is 6.33. The van der Waals surface area contributed by atoms with Crippen LogP contribution in [0.2, 0.25) is 5.02 Å². The first kappa shape index (κ1) is 22.0. The van der Waals surface area contributed by atoms with Crippen molar-refractivity contribution in [3.63, 3.8) is 0 Å². The summed E-state index contributed by atoms with van der Waals surface area (Å²) >= 11 is 6.26. The lowest BCUT2D eigenvalue weighted by molar-refractivity contribution is -0.384. The topological polar surface area (TPSA) is 103 Å². The SMILES string of the molecule is COc1ccc(-c2[nH]n(-c3ccc([N+](=O)[O-])cc3)c(=O)c2C(C)=Nc2ccccc2Cl)cc1. The average molecular weight is 463 g/mol. The van der Waals surface area contributed by atoms with Gasteiger partial charge in [-0.1, -0.05) is 23.7 Å². The molecule has 4 rings (SSSR count).